The van der Waals surface area contributed by atoms with Crippen LogP contribution in [0.1, 0.15) is 6.92 Å². The molecule has 0 bridgehead atoms. The monoisotopic (exact) mass is 268 g/mol. The molecule has 0 spiro atoms. The van der Waals surface area contributed by atoms with E-state index >= 15 is 0 Å². The Morgan fingerprint density at radius 2 is 2.11 bits per heavy atom. The van der Waals surface area contributed by atoms with Gasteiger partial charge in [-0.25, -0.2) is 9.59 Å². The number of nitrogens with one attached hydrogen (secondary N) is 1. The van der Waals surface area contributed by atoms with Gasteiger partial charge in [0.05, 0.1) is 6.54 Å². The Bertz CT molecular complexity index is 463. The number of aromatic hydroxyl groups is 1. The Balaban J connectivity index is 2.70. The molecule has 0 radical (unpaired) electrons. The number of aliphatic hydroxyl groups excluding tert-OH is 1. The third kappa shape index (κ3) is 4.14. The zero-order valence-electron chi connectivity index (χ0n) is 10.4. The highest BCUT2D eigenvalue weighted by Crippen LogP contribution is 2.19. The van der Waals surface area contributed by atoms with Gasteiger partial charge in [0, 0.05) is 18.3 Å². The van der Waals surface area contributed by atoms with Gasteiger partial charge >= 0.3 is 12.0 Å². The molecule has 0 aliphatic heterocycles. The molecule has 0 fully saturated rings. The summed E-state index contributed by atoms with van der Waals surface area (Å²) in [6, 6.07) is 5.57. The van der Waals surface area contributed by atoms with Gasteiger partial charge in [-0.05, 0) is 19.1 Å². The number of anilines is 1. The first kappa shape index (κ1) is 14.8. The standard InChI is InChI=1S/C12H16N2O5/c1-2-14(8-4-3-5-9(15)6-8)12(19)13-7-10(16)11(17)18/h3-6,10,15-16H,2,7H2,1H3,(H,13,19)(H,17,18)/t10-/m0/s1. The van der Waals surface area contributed by atoms with E-state index in [1.54, 1.807) is 19.1 Å². The summed E-state index contributed by atoms with van der Waals surface area (Å²) >= 11 is 0. The number of carbonyl (C=O) groups is 2. The Kier molecular flexibility index (Phi) is 5.13. The van der Waals surface area contributed by atoms with Gasteiger partial charge in [0.25, 0.3) is 0 Å². The highest BCUT2D eigenvalue weighted by molar-refractivity contribution is 5.92. The van der Waals surface area contributed by atoms with Gasteiger partial charge in [0.15, 0.2) is 6.10 Å². The number of phenols is 1. The van der Waals surface area contributed by atoms with Crippen LogP contribution in [-0.2, 0) is 4.79 Å². The van der Waals surface area contributed by atoms with E-state index in [0.29, 0.717) is 12.2 Å². The summed E-state index contributed by atoms with van der Waals surface area (Å²) in [6.45, 7) is 1.68. The smallest absolute Gasteiger partial charge is 0.334 e. The number of aliphatic carboxylic acids is 1. The molecule has 19 heavy (non-hydrogen) atoms. The number of benzene rings is 1. The molecule has 1 atom stereocenters. The van der Waals surface area contributed by atoms with Crippen LogP contribution in [0.3, 0.4) is 0 Å². The van der Waals surface area contributed by atoms with Crippen LogP contribution < -0.4 is 10.2 Å². The van der Waals surface area contributed by atoms with Crippen LogP contribution in [0.25, 0.3) is 0 Å². The van der Waals surface area contributed by atoms with Crippen molar-refractivity contribution < 1.29 is 24.9 Å². The molecular formula is C12H16N2O5. The van der Waals surface area contributed by atoms with Gasteiger partial charge < -0.3 is 20.6 Å². The molecular weight excluding hydrogens is 252 g/mol. The van der Waals surface area contributed by atoms with Crippen molar-refractivity contribution in [2.45, 2.75) is 13.0 Å². The van der Waals surface area contributed by atoms with Crippen molar-refractivity contribution in [3.8, 4) is 5.75 Å². The minimum absolute atomic E-state index is 0.0225. The molecule has 0 aliphatic rings. The lowest BCUT2D eigenvalue weighted by molar-refractivity contribution is -0.146. The fourth-order valence-electron chi connectivity index (χ4n) is 1.47. The Hall–Kier alpha value is -2.28. The molecule has 1 aromatic carbocycles. The predicted molar refractivity (Wildman–Crippen MR) is 68.2 cm³/mol. The average molecular weight is 268 g/mol. The highest BCUT2D eigenvalue weighted by atomic mass is 16.4. The van der Waals surface area contributed by atoms with E-state index in [0.717, 1.165) is 0 Å². The van der Waals surface area contributed by atoms with Crippen LogP contribution in [0.5, 0.6) is 5.75 Å². The van der Waals surface area contributed by atoms with Crippen molar-refractivity contribution in [3.05, 3.63) is 24.3 Å². The van der Waals surface area contributed by atoms with E-state index in [1.807, 2.05) is 0 Å². The van der Waals surface area contributed by atoms with Crippen molar-refractivity contribution in [2.24, 2.45) is 0 Å². The van der Waals surface area contributed by atoms with Gasteiger partial charge in [0.2, 0.25) is 0 Å². The second-order valence-corrected chi connectivity index (χ2v) is 3.80. The maximum atomic E-state index is 11.8. The second kappa shape index (κ2) is 6.60. The van der Waals surface area contributed by atoms with Gasteiger partial charge in [-0.3, -0.25) is 4.90 Å². The molecule has 7 heteroatoms. The number of carboxylic acid groups (broad SMARTS) is 1. The molecule has 0 aliphatic carbocycles. The average Bonchev–Trinajstić information content (AvgIpc) is 2.36. The fourth-order valence-corrected chi connectivity index (χ4v) is 1.47. The maximum Gasteiger partial charge on any atom is 0.334 e. The number of nitrogens with zero attached hydrogens (tertiary/aromatic N) is 1. The lowest BCUT2D eigenvalue weighted by atomic mass is 10.2. The quantitative estimate of drug-likeness (QED) is 0.617. The van der Waals surface area contributed by atoms with Crippen molar-refractivity contribution in [3.63, 3.8) is 0 Å². The summed E-state index contributed by atoms with van der Waals surface area (Å²) < 4.78 is 0. The molecule has 0 saturated carbocycles. The number of phenolic OH excluding ortho intramolecular Hbond substituents is 1. The molecule has 0 heterocycles. The first-order valence-corrected chi connectivity index (χ1v) is 5.71. The number of rotatable bonds is 5. The Morgan fingerprint density at radius 1 is 1.42 bits per heavy atom. The van der Waals surface area contributed by atoms with Crippen LogP contribution in [0, 0.1) is 0 Å². The molecule has 0 aromatic heterocycles. The van der Waals surface area contributed by atoms with Crippen molar-refractivity contribution in [2.75, 3.05) is 18.0 Å². The van der Waals surface area contributed by atoms with Crippen molar-refractivity contribution >= 4 is 17.7 Å². The van der Waals surface area contributed by atoms with E-state index in [4.69, 9.17) is 10.2 Å². The third-order valence-corrected chi connectivity index (χ3v) is 2.43. The lowest BCUT2D eigenvalue weighted by Gasteiger charge is -2.22. The third-order valence-electron chi connectivity index (χ3n) is 2.43. The van der Waals surface area contributed by atoms with Gasteiger partial charge in [-0.2, -0.15) is 0 Å². The number of hydrogen-bond donors (Lipinski definition) is 4. The van der Waals surface area contributed by atoms with Crippen LogP contribution in [0.4, 0.5) is 10.5 Å². The Morgan fingerprint density at radius 3 is 2.63 bits per heavy atom. The van der Waals surface area contributed by atoms with E-state index in [1.165, 1.54) is 17.0 Å². The van der Waals surface area contributed by atoms with Crippen LogP contribution in [0.15, 0.2) is 24.3 Å². The van der Waals surface area contributed by atoms with Gasteiger partial charge in [0.1, 0.15) is 5.75 Å². The second-order valence-electron chi connectivity index (χ2n) is 3.80. The SMILES string of the molecule is CCN(C(=O)NC[C@H](O)C(=O)O)c1cccc(O)c1. The van der Waals surface area contributed by atoms with E-state index in [-0.39, 0.29) is 12.3 Å². The minimum Gasteiger partial charge on any atom is -0.508 e. The molecule has 2 amide bonds. The van der Waals surface area contributed by atoms with Crippen molar-refractivity contribution in [1.82, 2.24) is 5.32 Å². The molecule has 1 rings (SSSR count). The first-order chi connectivity index (χ1) is 8.95. The topological polar surface area (TPSA) is 110 Å². The largest absolute Gasteiger partial charge is 0.508 e. The number of carboxylic acids is 1. The maximum absolute atomic E-state index is 11.8. The summed E-state index contributed by atoms with van der Waals surface area (Å²) in [7, 11) is 0. The number of urea groups is 1. The number of aliphatic hydroxyl groups is 1. The lowest BCUT2D eigenvalue weighted by Crippen LogP contribution is -2.44. The molecule has 104 valence electrons. The van der Waals surface area contributed by atoms with Gasteiger partial charge in [-0.1, -0.05) is 6.07 Å². The summed E-state index contributed by atoms with van der Waals surface area (Å²) in [5, 5.41) is 29.2. The molecule has 0 saturated heterocycles. The minimum atomic E-state index is -1.65. The van der Waals surface area contributed by atoms with E-state index in [2.05, 4.69) is 5.32 Å². The van der Waals surface area contributed by atoms with E-state index < -0.39 is 18.1 Å². The van der Waals surface area contributed by atoms with Crippen LogP contribution in [-0.4, -0.2) is 46.5 Å². The molecule has 0 unspecified atom stereocenters. The van der Waals surface area contributed by atoms with Crippen LogP contribution >= 0.6 is 0 Å². The van der Waals surface area contributed by atoms with Gasteiger partial charge in [-0.15, -0.1) is 0 Å². The summed E-state index contributed by atoms with van der Waals surface area (Å²) in [5.41, 5.74) is 0.477. The summed E-state index contributed by atoms with van der Waals surface area (Å²) in [6.07, 6.45) is -1.65. The molecule has 1 aromatic rings. The zero-order chi connectivity index (χ0) is 14.4. The molecule has 4 N–H and O–H groups in total. The summed E-state index contributed by atoms with van der Waals surface area (Å²) in [5.74, 6) is -1.38. The molecule has 7 nitrogen and oxygen atoms in total. The number of hydrogen-bond acceptors (Lipinski definition) is 4. The normalized spacial score (nSPS) is 11.7. The Labute approximate surface area is 110 Å². The summed E-state index contributed by atoms with van der Waals surface area (Å²) in [4.78, 5) is 23.6. The fraction of sp³-hybridized carbons (Fsp3) is 0.333. The zero-order valence-corrected chi connectivity index (χ0v) is 10.4. The highest BCUT2D eigenvalue weighted by Gasteiger charge is 2.18. The number of amides is 2. The van der Waals surface area contributed by atoms with E-state index in [9.17, 15) is 14.7 Å². The van der Waals surface area contributed by atoms with Crippen LogP contribution in [0.2, 0.25) is 0 Å². The first-order valence-electron chi connectivity index (χ1n) is 5.71. The predicted octanol–water partition coefficient (Wildman–Crippen LogP) is 0.374. The number of carbonyl (C=O) groups excluding carboxylic acids is 1. The van der Waals surface area contributed by atoms with Crippen molar-refractivity contribution in [1.29, 1.82) is 0 Å².